The number of likely N-dealkylation sites (N-methyl/N-ethyl adjacent to an activating group) is 1. The standard InChI is InChI=1S/C14H10ClN3OS2/c1-18-13(19)12(7-9-3-2-6-20-9)21-14(18)17-11-4-5-16-8-10(11)15/h2-8H,1H3/b12-7+,17-14?. The molecule has 1 saturated heterocycles. The van der Waals surface area contributed by atoms with E-state index in [4.69, 9.17) is 11.6 Å². The Hall–Kier alpha value is -1.63. The monoisotopic (exact) mass is 335 g/mol. The zero-order valence-corrected chi connectivity index (χ0v) is 13.4. The molecule has 1 amide bonds. The van der Waals surface area contributed by atoms with Gasteiger partial charge in [0, 0.05) is 24.3 Å². The van der Waals surface area contributed by atoms with Gasteiger partial charge in [-0.15, -0.1) is 11.3 Å². The summed E-state index contributed by atoms with van der Waals surface area (Å²) in [5.74, 6) is -0.0580. The molecule has 1 fully saturated rings. The van der Waals surface area contributed by atoms with Crippen molar-refractivity contribution >= 4 is 57.5 Å². The molecule has 7 heteroatoms. The fourth-order valence-corrected chi connectivity index (χ4v) is 3.58. The summed E-state index contributed by atoms with van der Waals surface area (Å²) in [5, 5.41) is 3.05. The van der Waals surface area contributed by atoms with Gasteiger partial charge in [-0.2, -0.15) is 0 Å². The summed E-state index contributed by atoms with van der Waals surface area (Å²) in [4.78, 5) is 23.8. The van der Waals surface area contributed by atoms with Crippen LogP contribution in [0.25, 0.3) is 6.08 Å². The Morgan fingerprint density at radius 1 is 1.43 bits per heavy atom. The molecule has 1 aliphatic rings. The molecule has 0 spiro atoms. The van der Waals surface area contributed by atoms with E-state index >= 15 is 0 Å². The van der Waals surface area contributed by atoms with E-state index in [0.717, 1.165) is 4.88 Å². The molecule has 2 aromatic heterocycles. The third-order valence-electron chi connectivity index (χ3n) is 2.79. The first-order valence-electron chi connectivity index (χ1n) is 6.04. The molecule has 0 aliphatic carbocycles. The van der Waals surface area contributed by atoms with Gasteiger partial charge in [-0.05, 0) is 35.4 Å². The smallest absolute Gasteiger partial charge is 0.266 e. The molecule has 4 nitrogen and oxygen atoms in total. The quantitative estimate of drug-likeness (QED) is 0.778. The topological polar surface area (TPSA) is 45.6 Å². The normalized spacial score (nSPS) is 19.0. The number of hydrogen-bond donors (Lipinski definition) is 0. The SMILES string of the molecule is CN1C(=O)/C(=C\c2cccs2)SC1=Nc1ccncc1Cl. The van der Waals surface area contributed by atoms with Crippen molar-refractivity contribution in [2.75, 3.05) is 7.05 Å². The maximum atomic E-state index is 12.2. The number of carbonyl (C=O) groups excluding carboxylic acids is 1. The molecule has 0 N–H and O–H groups in total. The molecule has 21 heavy (non-hydrogen) atoms. The Morgan fingerprint density at radius 2 is 2.29 bits per heavy atom. The molecule has 3 rings (SSSR count). The highest BCUT2D eigenvalue weighted by atomic mass is 35.5. The molecule has 0 radical (unpaired) electrons. The molecule has 0 saturated carbocycles. The van der Waals surface area contributed by atoms with Crippen molar-refractivity contribution in [2.24, 2.45) is 4.99 Å². The zero-order chi connectivity index (χ0) is 14.8. The molecule has 3 heterocycles. The van der Waals surface area contributed by atoms with Gasteiger partial charge in [-0.25, -0.2) is 4.99 Å². The molecule has 0 aromatic carbocycles. The molecule has 2 aromatic rings. The minimum Gasteiger partial charge on any atom is -0.290 e. The van der Waals surface area contributed by atoms with E-state index in [1.54, 1.807) is 30.6 Å². The second-order valence-electron chi connectivity index (χ2n) is 4.21. The molecular formula is C14H10ClN3OS2. The summed E-state index contributed by atoms with van der Waals surface area (Å²) in [5.41, 5.74) is 0.603. The molecule has 106 valence electrons. The molecule has 1 aliphatic heterocycles. The number of nitrogens with zero attached hydrogens (tertiary/aromatic N) is 3. The van der Waals surface area contributed by atoms with E-state index in [0.29, 0.717) is 20.8 Å². The van der Waals surface area contributed by atoms with Crippen molar-refractivity contribution in [3.05, 3.63) is 50.8 Å². The Balaban J connectivity index is 1.92. The van der Waals surface area contributed by atoms with Crippen LogP contribution in [-0.2, 0) is 4.79 Å². The van der Waals surface area contributed by atoms with Gasteiger partial charge in [0.05, 0.1) is 15.6 Å². The highest BCUT2D eigenvalue weighted by Gasteiger charge is 2.30. The number of pyridine rings is 1. The Bertz CT molecular complexity index is 740. The van der Waals surface area contributed by atoms with Crippen molar-refractivity contribution in [3.8, 4) is 0 Å². The van der Waals surface area contributed by atoms with Gasteiger partial charge < -0.3 is 0 Å². The summed E-state index contributed by atoms with van der Waals surface area (Å²) >= 11 is 8.98. The van der Waals surface area contributed by atoms with Crippen molar-refractivity contribution in [1.82, 2.24) is 9.88 Å². The lowest BCUT2D eigenvalue weighted by Crippen LogP contribution is -2.23. The second-order valence-corrected chi connectivity index (χ2v) is 6.61. The first kappa shape index (κ1) is 14.3. The lowest BCUT2D eigenvalue weighted by atomic mass is 10.4. The number of amides is 1. The van der Waals surface area contributed by atoms with Crippen molar-refractivity contribution in [2.45, 2.75) is 0 Å². The van der Waals surface area contributed by atoms with Crippen molar-refractivity contribution in [3.63, 3.8) is 0 Å². The minimum atomic E-state index is -0.0580. The molecule has 0 unspecified atom stereocenters. The van der Waals surface area contributed by atoms with E-state index in [2.05, 4.69) is 9.98 Å². The summed E-state index contributed by atoms with van der Waals surface area (Å²) in [7, 11) is 1.71. The Kier molecular flexibility index (Phi) is 4.10. The van der Waals surface area contributed by atoms with Gasteiger partial charge in [0.25, 0.3) is 5.91 Å². The van der Waals surface area contributed by atoms with Crippen LogP contribution in [0.5, 0.6) is 0 Å². The summed E-state index contributed by atoms with van der Waals surface area (Å²) in [6, 6.07) is 5.65. The maximum Gasteiger partial charge on any atom is 0.266 e. The number of amidine groups is 1. The van der Waals surface area contributed by atoms with Gasteiger partial charge >= 0.3 is 0 Å². The molecular weight excluding hydrogens is 326 g/mol. The van der Waals surface area contributed by atoms with Crippen LogP contribution in [0, 0.1) is 0 Å². The Morgan fingerprint density at radius 3 is 3.00 bits per heavy atom. The fourth-order valence-electron chi connectivity index (χ4n) is 1.72. The Labute approximate surface area is 135 Å². The van der Waals surface area contributed by atoms with Crippen LogP contribution >= 0.6 is 34.7 Å². The van der Waals surface area contributed by atoms with Crippen LogP contribution in [0.3, 0.4) is 0 Å². The minimum absolute atomic E-state index is 0.0580. The molecule has 0 atom stereocenters. The average molecular weight is 336 g/mol. The summed E-state index contributed by atoms with van der Waals surface area (Å²) < 4.78 is 0. The number of halogens is 1. The number of rotatable bonds is 2. The van der Waals surface area contributed by atoms with E-state index in [1.807, 2.05) is 23.6 Å². The average Bonchev–Trinajstić information content (AvgIpc) is 3.07. The van der Waals surface area contributed by atoms with Crippen LogP contribution in [0.15, 0.2) is 45.9 Å². The third kappa shape index (κ3) is 3.02. The second kappa shape index (κ2) is 6.01. The first-order valence-corrected chi connectivity index (χ1v) is 8.12. The number of aromatic nitrogens is 1. The number of aliphatic imine (C=N–C) groups is 1. The van der Waals surface area contributed by atoms with Crippen LogP contribution in [0.1, 0.15) is 4.88 Å². The van der Waals surface area contributed by atoms with Crippen LogP contribution in [0.4, 0.5) is 5.69 Å². The first-order chi connectivity index (χ1) is 10.1. The zero-order valence-electron chi connectivity index (χ0n) is 11.0. The van der Waals surface area contributed by atoms with Crippen LogP contribution < -0.4 is 0 Å². The van der Waals surface area contributed by atoms with Gasteiger partial charge in [0.1, 0.15) is 0 Å². The lowest BCUT2D eigenvalue weighted by molar-refractivity contribution is -0.121. The van der Waals surface area contributed by atoms with Crippen LogP contribution in [0.2, 0.25) is 5.02 Å². The predicted octanol–water partition coefficient (Wildman–Crippen LogP) is 4.03. The number of carbonyl (C=O) groups is 1. The van der Waals surface area contributed by atoms with Gasteiger partial charge in [0.2, 0.25) is 0 Å². The van der Waals surface area contributed by atoms with E-state index in [1.165, 1.54) is 22.9 Å². The lowest BCUT2D eigenvalue weighted by Gasteiger charge is -2.07. The predicted molar refractivity (Wildman–Crippen MR) is 89.0 cm³/mol. The van der Waals surface area contributed by atoms with E-state index in [-0.39, 0.29) is 5.91 Å². The van der Waals surface area contributed by atoms with E-state index < -0.39 is 0 Å². The van der Waals surface area contributed by atoms with Gasteiger partial charge in [-0.3, -0.25) is 14.7 Å². The van der Waals surface area contributed by atoms with Crippen LogP contribution in [-0.4, -0.2) is 28.0 Å². The highest BCUT2D eigenvalue weighted by Crippen LogP contribution is 2.34. The van der Waals surface area contributed by atoms with E-state index in [9.17, 15) is 4.79 Å². The van der Waals surface area contributed by atoms with Crippen molar-refractivity contribution in [1.29, 1.82) is 0 Å². The number of thiophene rings is 1. The summed E-state index contributed by atoms with van der Waals surface area (Å²) in [6.07, 6.45) is 5.03. The molecule has 0 bridgehead atoms. The van der Waals surface area contributed by atoms with Gasteiger partial charge in [-0.1, -0.05) is 17.7 Å². The van der Waals surface area contributed by atoms with Crippen molar-refractivity contribution < 1.29 is 4.79 Å². The third-order valence-corrected chi connectivity index (χ3v) is 4.96. The number of hydrogen-bond acceptors (Lipinski definition) is 5. The highest BCUT2D eigenvalue weighted by molar-refractivity contribution is 8.18. The fraction of sp³-hybridized carbons (Fsp3) is 0.0714. The maximum absolute atomic E-state index is 12.2. The summed E-state index contributed by atoms with van der Waals surface area (Å²) in [6.45, 7) is 0. The van der Waals surface area contributed by atoms with Gasteiger partial charge in [0.15, 0.2) is 5.17 Å². The number of thioether (sulfide) groups is 1. The largest absolute Gasteiger partial charge is 0.290 e.